The molecule has 29 heavy (non-hydrogen) atoms. The van der Waals surface area contributed by atoms with Gasteiger partial charge in [0.05, 0.1) is 11.7 Å². The maximum absolute atomic E-state index is 12.6. The molecule has 9 nitrogen and oxygen atoms in total. The molecule has 1 heterocycles. The first-order valence-corrected chi connectivity index (χ1v) is 9.23. The maximum atomic E-state index is 12.6. The summed E-state index contributed by atoms with van der Waals surface area (Å²) in [6.07, 6.45) is -2.36. The van der Waals surface area contributed by atoms with Gasteiger partial charge in [0.25, 0.3) is 0 Å². The summed E-state index contributed by atoms with van der Waals surface area (Å²) in [5, 5.41) is 33.5. The van der Waals surface area contributed by atoms with Gasteiger partial charge in [-0.05, 0) is 30.7 Å². The highest BCUT2D eigenvalue weighted by Crippen LogP contribution is 2.30. The molecule has 0 aromatic heterocycles. The van der Waals surface area contributed by atoms with Crippen LogP contribution in [0.2, 0.25) is 0 Å². The van der Waals surface area contributed by atoms with Crippen molar-refractivity contribution in [2.45, 2.75) is 43.5 Å². The van der Waals surface area contributed by atoms with Crippen molar-refractivity contribution >= 4 is 17.7 Å². The van der Waals surface area contributed by atoms with E-state index in [9.17, 15) is 20.1 Å². The van der Waals surface area contributed by atoms with Crippen molar-refractivity contribution in [2.24, 2.45) is 0 Å². The molecule has 158 valence electrons. The van der Waals surface area contributed by atoms with E-state index in [-0.39, 0.29) is 6.79 Å². The molecule has 1 aromatic carbocycles. The fourth-order valence-corrected chi connectivity index (χ4v) is 3.47. The molecule has 1 aliphatic heterocycles. The lowest BCUT2D eigenvalue weighted by atomic mass is 9.83. The third kappa shape index (κ3) is 4.44. The number of rotatable bonds is 6. The van der Waals surface area contributed by atoms with E-state index >= 15 is 0 Å². The van der Waals surface area contributed by atoms with Crippen molar-refractivity contribution in [3.8, 4) is 5.75 Å². The van der Waals surface area contributed by atoms with Crippen molar-refractivity contribution in [1.82, 2.24) is 5.32 Å². The van der Waals surface area contributed by atoms with E-state index in [1.165, 1.54) is 0 Å². The Morgan fingerprint density at radius 1 is 1.28 bits per heavy atom. The smallest absolute Gasteiger partial charge is 0.247 e. The Bertz CT molecular complexity index is 797. The van der Waals surface area contributed by atoms with Crippen LogP contribution in [0, 0.1) is 0 Å². The van der Waals surface area contributed by atoms with E-state index < -0.39 is 42.5 Å². The van der Waals surface area contributed by atoms with Gasteiger partial charge >= 0.3 is 0 Å². The Hall–Kier alpha value is -2.43. The molecule has 6 atom stereocenters. The van der Waals surface area contributed by atoms with Crippen LogP contribution in [0.1, 0.15) is 12.5 Å². The third-order valence-corrected chi connectivity index (χ3v) is 5.03. The Labute approximate surface area is 168 Å². The molecule has 0 unspecified atom stereocenters. The fraction of sp³-hybridized carbons (Fsp3) is 0.450. The zero-order valence-corrected chi connectivity index (χ0v) is 16.0. The van der Waals surface area contributed by atoms with Gasteiger partial charge in [0.1, 0.15) is 49.7 Å². The normalized spacial score (nSPS) is 31.8. The number of benzene rings is 1. The van der Waals surface area contributed by atoms with Crippen LogP contribution in [0.15, 0.2) is 36.4 Å². The van der Waals surface area contributed by atoms with E-state index in [1.54, 1.807) is 37.3 Å². The molecule has 9 heteroatoms. The van der Waals surface area contributed by atoms with Crippen LogP contribution in [-0.4, -0.2) is 71.2 Å². The second kappa shape index (κ2) is 8.93. The second-order valence-corrected chi connectivity index (χ2v) is 7.08. The van der Waals surface area contributed by atoms with Gasteiger partial charge in [-0.25, -0.2) is 0 Å². The summed E-state index contributed by atoms with van der Waals surface area (Å²) >= 11 is 0. The Kier molecular flexibility index (Phi) is 6.56. The SMILES string of the molecule is C=CCOc1ccc(/C=C(/C)C(=O)N[C@@H]2[C@H](O)[C@@H](O)[C@H]3OCO[C@H]3[C@@H]2O)cc1N. The zero-order chi connectivity index (χ0) is 21.1. The van der Waals surface area contributed by atoms with Crippen molar-refractivity contribution < 1.29 is 34.3 Å². The molecule has 0 radical (unpaired) electrons. The fourth-order valence-electron chi connectivity index (χ4n) is 3.47. The summed E-state index contributed by atoms with van der Waals surface area (Å²) in [4.78, 5) is 12.6. The average Bonchev–Trinajstić information content (AvgIpc) is 3.19. The predicted octanol–water partition coefficient (Wildman–Crippen LogP) is -0.440. The summed E-state index contributed by atoms with van der Waals surface area (Å²) in [7, 11) is 0. The molecule has 1 saturated heterocycles. The van der Waals surface area contributed by atoms with Crippen LogP contribution in [0.5, 0.6) is 5.75 Å². The van der Waals surface area contributed by atoms with Crippen molar-refractivity contribution in [3.05, 3.63) is 42.0 Å². The Morgan fingerprint density at radius 3 is 2.62 bits per heavy atom. The van der Waals surface area contributed by atoms with Gasteiger partial charge < -0.3 is 40.6 Å². The summed E-state index contributed by atoms with van der Waals surface area (Å²) in [5.41, 5.74) is 7.37. The van der Waals surface area contributed by atoms with Crippen LogP contribution in [0.4, 0.5) is 5.69 Å². The first-order valence-electron chi connectivity index (χ1n) is 9.23. The topological polar surface area (TPSA) is 144 Å². The summed E-state index contributed by atoms with van der Waals surface area (Å²) in [6, 6.07) is 3.99. The molecule has 1 amide bonds. The minimum absolute atomic E-state index is 0.0936. The number of nitrogen functional groups attached to an aromatic ring is 1. The summed E-state index contributed by atoms with van der Waals surface area (Å²) in [6.45, 7) is 5.40. The zero-order valence-electron chi connectivity index (χ0n) is 16.0. The van der Waals surface area contributed by atoms with Gasteiger partial charge in [0, 0.05) is 5.57 Å². The van der Waals surface area contributed by atoms with Crippen LogP contribution in [0.3, 0.4) is 0 Å². The number of ether oxygens (including phenoxy) is 3. The van der Waals surface area contributed by atoms with Crippen molar-refractivity contribution in [1.29, 1.82) is 0 Å². The molecule has 0 spiro atoms. The van der Waals surface area contributed by atoms with E-state index in [2.05, 4.69) is 11.9 Å². The van der Waals surface area contributed by atoms with Gasteiger partial charge in [0.15, 0.2) is 0 Å². The first-order chi connectivity index (χ1) is 13.8. The molecule has 1 aromatic rings. The Morgan fingerprint density at radius 2 is 1.97 bits per heavy atom. The number of aliphatic hydroxyl groups is 3. The molecule has 3 rings (SSSR count). The lowest BCUT2D eigenvalue weighted by molar-refractivity contribution is -0.155. The van der Waals surface area contributed by atoms with E-state index in [0.717, 1.165) is 0 Å². The lowest BCUT2D eigenvalue weighted by Gasteiger charge is -2.41. The number of nitrogens with two attached hydrogens (primary N) is 1. The number of fused-ring (bicyclic) bond motifs is 1. The molecule has 0 bridgehead atoms. The minimum Gasteiger partial charge on any atom is -0.487 e. The van der Waals surface area contributed by atoms with Gasteiger partial charge in [-0.15, -0.1) is 0 Å². The number of anilines is 1. The number of aliphatic hydroxyl groups excluding tert-OH is 3. The van der Waals surface area contributed by atoms with Gasteiger partial charge in [-0.2, -0.15) is 0 Å². The highest BCUT2D eigenvalue weighted by atomic mass is 16.7. The molecule has 2 fully saturated rings. The predicted molar refractivity (Wildman–Crippen MR) is 105 cm³/mol. The lowest BCUT2D eigenvalue weighted by Crippen LogP contribution is -2.67. The summed E-state index contributed by atoms with van der Waals surface area (Å²) < 4.78 is 15.9. The Balaban J connectivity index is 1.69. The molecular weight excluding hydrogens is 380 g/mol. The van der Waals surface area contributed by atoms with Crippen LogP contribution >= 0.6 is 0 Å². The number of carbonyl (C=O) groups is 1. The van der Waals surface area contributed by atoms with Crippen molar-refractivity contribution in [3.63, 3.8) is 0 Å². The number of hydrogen-bond acceptors (Lipinski definition) is 8. The molecular formula is C20H26N2O7. The number of hydrogen-bond donors (Lipinski definition) is 5. The molecule has 2 aliphatic rings. The van der Waals surface area contributed by atoms with Gasteiger partial charge in [0.2, 0.25) is 5.91 Å². The average molecular weight is 406 g/mol. The van der Waals surface area contributed by atoms with E-state index in [1.807, 2.05) is 0 Å². The first kappa shape index (κ1) is 21.3. The van der Waals surface area contributed by atoms with E-state index in [4.69, 9.17) is 19.9 Å². The van der Waals surface area contributed by atoms with Gasteiger partial charge in [-0.1, -0.05) is 18.7 Å². The minimum atomic E-state index is -1.40. The van der Waals surface area contributed by atoms with E-state index in [0.29, 0.717) is 29.2 Å². The maximum Gasteiger partial charge on any atom is 0.247 e. The molecule has 6 N–H and O–H groups in total. The van der Waals surface area contributed by atoms with Crippen molar-refractivity contribution in [2.75, 3.05) is 19.1 Å². The molecule has 1 aliphatic carbocycles. The highest BCUT2D eigenvalue weighted by molar-refractivity contribution is 5.97. The van der Waals surface area contributed by atoms with Crippen LogP contribution in [0.25, 0.3) is 6.08 Å². The number of carbonyl (C=O) groups excluding carboxylic acids is 1. The number of nitrogens with one attached hydrogen (secondary N) is 1. The second-order valence-electron chi connectivity index (χ2n) is 7.08. The van der Waals surface area contributed by atoms with Crippen LogP contribution < -0.4 is 15.8 Å². The standard InChI is InChI=1S/C20H26N2O7/c1-3-6-27-13-5-4-11(8-12(13)21)7-10(2)20(26)22-14-15(23)17(25)19-18(16(14)24)28-9-29-19/h3-5,7-8,14-19,23-25H,1,6,9,21H2,2H3,(H,22,26)/b10-7-/t14-,15+,16-,17-,18+,19-/m1/s1. The number of amides is 1. The van der Waals surface area contributed by atoms with Crippen LogP contribution in [-0.2, 0) is 14.3 Å². The van der Waals surface area contributed by atoms with Gasteiger partial charge in [-0.3, -0.25) is 4.79 Å². The largest absolute Gasteiger partial charge is 0.487 e. The summed E-state index contributed by atoms with van der Waals surface area (Å²) in [5.74, 6) is 0.00292. The monoisotopic (exact) mass is 406 g/mol. The third-order valence-electron chi connectivity index (χ3n) is 5.03. The molecule has 1 saturated carbocycles. The highest BCUT2D eigenvalue weighted by Gasteiger charge is 2.53. The quantitative estimate of drug-likeness (QED) is 0.243.